The normalized spacial score (nSPS) is 15.5. The monoisotopic (exact) mass is 421 g/mol. The lowest BCUT2D eigenvalue weighted by molar-refractivity contribution is 0.0701. The van der Waals surface area contributed by atoms with E-state index in [9.17, 15) is 19.1 Å². The van der Waals surface area contributed by atoms with Crippen molar-refractivity contribution in [3.05, 3.63) is 93.5 Å². The van der Waals surface area contributed by atoms with E-state index in [1.54, 1.807) is 24.3 Å². The standard InChI is InChI=1S/C23H16FNO6/c1-29-18-9-12(4-6-16(18)26)20-19-21(27)15-10-13(24)5-7-17(15)31-22(19)23(28)25(20)11-14-3-2-8-30-14/h2-10,20,26H,11H2,1H3/t20-/m1/s1. The molecule has 31 heavy (non-hydrogen) atoms. The minimum absolute atomic E-state index is 0.0436. The van der Waals surface area contributed by atoms with Crippen LogP contribution in [-0.2, 0) is 6.54 Å². The number of benzene rings is 2. The second-order valence-corrected chi connectivity index (χ2v) is 7.16. The Bertz CT molecular complexity index is 1380. The van der Waals surface area contributed by atoms with Crippen molar-refractivity contribution in [2.75, 3.05) is 7.11 Å². The molecule has 0 radical (unpaired) electrons. The van der Waals surface area contributed by atoms with E-state index in [1.807, 2.05) is 0 Å². The predicted molar refractivity (Wildman–Crippen MR) is 108 cm³/mol. The summed E-state index contributed by atoms with van der Waals surface area (Å²) in [4.78, 5) is 28.1. The van der Waals surface area contributed by atoms with Crippen LogP contribution in [0.2, 0.25) is 0 Å². The molecule has 156 valence electrons. The highest BCUT2D eigenvalue weighted by Crippen LogP contribution is 2.41. The maximum Gasteiger partial charge on any atom is 0.291 e. The summed E-state index contributed by atoms with van der Waals surface area (Å²) in [6.45, 7) is 0.0774. The Hall–Kier alpha value is -4.07. The molecule has 3 heterocycles. The van der Waals surface area contributed by atoms with Crippen LogP contribution in [-0.4, -0.2) is 23.0 Å². The molecule has 5 rings (SSSR count). The summed E-state index contributed by atoms with van der Waals surface area (Å²) >= 11 is 0. The van der Waals surface area contributed by atoms with Gasteiger partial charge in [0.05, 0.1) is 36.9 Å². The Morgan fingerprint density at radius 3 is 2.74 bits per heavy atom. The fourth-order valence-corrected chi connectivity index (χ4v) is 3.94. The van der Waals surface area contributed by atoms with Gasteiger partial charge >= 0.3 is 0 Å². The van der Waals surface area contributed by atoms with Gasteiger partial charge in [0.25, 0.3) is 5.91 Å². The van der Waals surface area contributed by atoms with Crippen LogP contribution < -0.4 is 10.2 Å². The van der Waals surface area contributed by atoms with E-state index >= 15 is 0 Å². The van der Waals surface area contributed by atoms with Crippen molar-refractivity contribution in [1.82, 2.24) is 4.90 Å². The molecule has 0 unspecified atom stereocenters. The van der Waals surface area contributed by atoms with Crippen LogP contribution >= 0.6 is 0 Å². The molecule has 2 aromatic carbocycles. The molecule has 7 nitrogen and oxygen atoms in total. The molecule has 0 fully saturated rings. The van der Waals surface area contributed by atoms with Crippen molar-refractivity contribution >= 4 is 16.9 Å². The highest BCUT2D eigenvalue weighted by Gasteiger charge is 2.43. The SMILES string of the molecule is COc1cc([C@@H]2c3c(oc4ccc(F)cc4c3=O)C(=O)N2Cc2ccco2)ccc1O. The molecule has 0 aliphatic carbocycles. The largest absolute Gasteiger partial charge is 0.504 e. The van der Waals surface area contributed by atoms with Crippen LogP contribution in [0.4, 0.5) is 4.39 Å². The molecule has 1 N–H and O–H groups in total. The maximum atomic E-state index is 13.8. The fraction of sp³-hybridized carbons (Fsp3) is 0.130. The van der Waals surface area contributed by atoms with Crippen molar-refractivity contribution in [3.63, 3.8) is 0 Å². The van der Waals surface area contributed by atoms with Gasteiger partial charge in [-0.15, -0.1) is 0 Å². The Labute approximate surface area is 174 Å². The number of methoxy groups -OCH3 is 1. The van der Waals surface area contributed by atoms with E-state index in [-0.39, 0.29) is 40.3 Å². The number of carbonyl (C=O) groups is 1. The number of phenolic OH excluding ortho intramolecular Hbond substituents is 1. The highest BCUT2D eigenvalue weighted by molar-refractivity contribution is 5.99. The number of halogens is 1. The zero-order chi connectivity index (χ0) is 21.7. The van der Waals surface area contributed by atoms with Gasteiger partial charge in [-0.2, -0.15) is 0 Å². The zero-order valence-electron chi connectivity index (χ0n) is 16.3. The van der Waals surface area contributed by atoms with E-state index in [0.717, 1.165) is 6.07 Å². The lowest BCUT2D eigenvalue weighted by Crippen LogP contribution is -2.29. The van der Waals surface area contributed by atoms with Crippen LogP contribution in [0.3, 0.4) is 0 Å². The maximum absolute atomic E-state index is 13.8. The zero-order valence-corrected chi connectivity index (χ0v) is 16.3. The molecule has 1 amide bonds. The average Bonchev–Trinajstić information content (AvgIpc) is 3.37. The minimum Gasteiger partial charge on any atom is -0.504 e. The van der Waals surface area contributed by atoms with E-state index in [4.69, 9.17) is 13.6 Å². The summed E-state index contributed by atoms with van der Waals surface area (Å²) in [5.41, 5.74) is 0.252. The van der Waals surface area contributed by atoms with Crippen LogP contribution in [0, 0.1) is 5.82 Å². The summed E-state index contributed by atoms with van der Waals surface area (Å²) in [5.74, 6) is -0.563. The van der Waals surface area contributed by atoms with Gasteiger partial charge in [0.1, 0.15) is 17.2 Å². The van der Waals surface area contributed by atoms with Crippen LogP contribution in [0.15, 0.2) is 68.4 Å². The fourth-order valence-electron chi connectivity index (χ4n) is 3.94. The number of ether oxygens (including phenoxy) is 1. The molecule has 0 saturated carbocycles. The molecule has 4 aromatic rings. The molecule has 0 bridgehead atoms. The lowest BCUT2D eigenvalue weighted by Gasteiger charge is -2.24. The van der Waals surface area contributed by atoms with Crippen LogP contribution in [0.25, 0.3) is 11.0 Å². The smallest absolute Gasteiger partial charge is 0.291 e. The number of rotatable bonds is 4. The Morgan fingerprint density at radius 1 is 1.16 bits per heavy atom. The first kappa shape index (κ1) is 18.9. The van der Waals surface area contributed by atoms with Gasteiger partial charge in [-0.25, -0.2) is 4.39 Å². The van der Waals surface area contributed by atoms with Gasteiger partial charge < -0.3 is 23.6 Å². The van der Waals surface area contributed by atoms with Gasteiger partial charge in [-0.1, -0.05) is 6.07 Å². The summed E-state index contributed by atoms with van der Waals surface area (Å²) in [5, 5.41) is 10.0. The molecule has 8 heteroatoms. The van der Waals surface area contributed by atoms with Crippen molar-refractivity contribution < 1.29 is 27.9 Å². The predicted octanol–water partition coefficient (Wildman–Crippen LogP) is 3.98. The third kappa shape index (κ3) is 2.95. The number of amides is 1. The number of hydrogen-bond donors (Lipinski definition) is 1. The first-order valence-electron chi connectivity index (χ1n) is 9.44. The number of nitrogens with zero attached hydrogens (tertiary/aromatic N) is 1. The van der Waals surface area contributed by atoms with Crippen molar-refractivity contribution in [2.45, 2.75) is 12.6 Å². The third-order valence-corrected chi connectivity index (χ3v) is 5.35. The number of aromatic hydroxyl groups is 1. The first-order chi connectivity index (χ1) is 15.0. The number of carbonyl (C=O) groups excluding carboxylic acids is 1. The van der Waals surface area contributed by atoms with Gasteiger partial charge in [0.15, 0.2) is 16.9 Å². The number of fused-ring (bicyclic) bond motifs is 2. The molecule has 1 atom stereocenters. The van der Waals surface area contributed by atoms with Gasteiger partial charge in [0.2, 0.25) is 5.76 Å². The van der Waals surface area contributed by atoms with Gasteiger partial charge in [0, 0.05) is 0 Å². The summed E-state index contributed by atoms with van der Waals surface area (Å²) in [6, 6.07) is 10.7. The first-order valence-corrected chi connectivity index (χ1v) is 9.44. The Morgan fingerprint density at radius 2 is 2.00 bits per heavy atom. The second-order valence-electron chi connectivity index (χ2n) is 7.16. The summed E-state index contributed by atoms with van der Waals surface area (Å²) in [6.07, 6.45) is 1.49. The molecular weight excluding hydrogens is 405 g/mol. The molecule has 2 aromatic heterocycles. The van der Waals surface area contributed by atoms with Crippen molar-refractivity contribution in [3.8, 4) is 11.5 Å². The van der Waals surface area contributed by atoms with Crippen LogP contribution in [0.1, 0.15) is 33.5 Å². The van der Waals surface area contributed by atoms with E-state index in [0.29, 0.717) is 11.3 Å². The van der Waals surface area contributed by atoms with Crippen LogP contribution in [0.5, 0.6) is 11.5 Å². The number of furan rings is 1. The Kier molecular flexibility index (Phi) is 4.28. The van der Waals surface area contributed by atoms with Gasteiger partial charge in [-0.05, 0) is 48.0 Å². The molecular formula is C23H16FNO6. The lowest BCUT2D eigenvalue weighted by atomic mass is 9.98. The third-order valence-electron chi connectivity index (χ3n) is 5.35. The average molecular weight is 421 g/mol. The van der Waals surface area contributed by atoms with Crippen molar-refractivity contribution in [2.24, 2.45) is 0 Å². The van der Waals surface area contributed by atoms with Gasteiger partial charge in [-0.3, -0.25) is 9.59 Å². The quantitative estimate of drug-likeness (QED) is 0.536. The minimum atomic E-state index is -0.842. The summed E-state index contributed by atoms with van der Waals surface area (Å²) < 4.78 is 30.2. The molecule has 1 aliphatic rings. The van der Waals surface area contributed by atoms with E-state index < -0.39 is 23.2 Å². The highest BCUT2D eigenvalue weighted by atomic mass is 19.1. The molecule has 0 spiro atoms. The van der Waals surface area contributed by atoms with Crippen molar-refractivity contribution in [1.29, 1.82) is 0 Å². The topological polar surface area (TPSA) is 93.1 Å². The second kappa shape index (κ2) is 7.02. The number of phenols is 1. The molecule has 1 aliphatic heterocycles. The van der Waals surface area contributed by atoms with E-state index in [1.165, 1.54) is 36.5 Å². The Balaban J connectivity index is 1.76. The number of hydrogen-bond acceptors (Lipinski definition) is 6. The van der Waals surface area contributed by atoms with E-state index in [2.05, 4.69) is 0 Å². The molecule has 0 saturated heterocycles. The summed E-state index contributed by atoms with van der Waals surface area (Å²) in [7, 11) is 1.40.